The molecule has 0 aromatic carbocycles. The summed E-state index contributed by atoms with van der Waals surface area (Å²) in [7, 11) is 0. The van der Waals surface area contributed by atoms with Gasteiger partial charge in [-0.15, -0.1) is 24.8 Å². The standard InChI is InChI=1S/C6H5O.2ClH.V/c7-5-6-3-1-2-4-6;;;/h1-3H,4H2;2*1H;. The van der Waals surface area contributed by atoms with Crippen LogP contribution in [0.4, 0.5) is 0 Å². The summed E-state index contributed by atoms with van der Waals surface area (Å²) in [4.78, 5) is 10.5. The van der Waals surface area contributed by atoms with Crippen molar-refractivity contribution in [2.24, 2.45) is 0 Å². The second-order valence-corrected chi connectivity index (χ2v) is 2.26. The first-order valence-electron chi connectivity index (χ1n) is 2.39. The molecule has 1 rings (SSSR count). The average molecular weight is 217 g/mol. The van der Waals surface area contributed by atoms with E-state index in [1.807, 2.05) is 35.7 Å². The molecule has 0 radical (unpaired) electrons. The number of halogens is 2. The maximum absolute atomic E-state index is 10.5. The molecule has 4 heteroatoms. The van der Waals surface area contributed by atoms with Crippen molar-refractivity contribution in [3.05, 3.63) is 23.8 Å². The van der Waals surface area contributed by atoms with Crippen LogP contribution in [-0.2, 0) is 22.2 Å². The Balaban J connectivity index is 0. The van der Waals surface area contributed by atoms with Gasteiger partial charge in [-0.25, -0.2) is 0 Å². The second kappa shape index (κ2) is 6.05. The first-order valence-corrected chi connectivity index (χ1v) is 3.09. The summed E-state index contributed by atoms with van der Waals surface area (Å²) in [5, 5.41) is 0. The molecule has 0 amide bonds. The first-order chi connectivity index (χ1) is 3.80. The number of hydrogen-bond donors (Lipinski definition) is 0. The van der Waals surface area contributed by atoms with E-state index in [0.29, 0.717) is 0 Å². The van der Waals surface area contributed by atoms with Crippen LogP contribution in [0.5, 0.6) is 0 Å². The Kier molecular flexibility index (Phi) is 7.83. The van der Waals surface area contributed by atoms with Crippen LogP contribution in [0.15, 0.2) is 23.8 Å². The van der Waals surface area contributed by atoms with Crippen LogP contribution in [0.25, 0.3) is 0 Å². The predicted octanol–water partition coefficient (Wildman–Crippen LogP) is 1.79. The Bertz CT molecular complexity index is 175. The van der Waals surface area contributed by atoms with Crippen molar-refractivity contribution in [3.63, 3.8) is 0 Å². The molecule has 0 saturated heterocycles. The van der Waals surface area contributed by atoms with Gasteiger partial charge in [-0.05, 0) is 0 Å². The molecule has 0 bridgehead atoms. The van der Waals surface area contributed by atoms with Gasteiger partial charge in [-0.1, -0.05) is 0 Å². The van der Waals surface area contributed by atoms with E-state index in [1.54, 1.807) is 0 Å². The van der Waals surface area contributed by atoms with Gasteiger partial charge in [0, 0.05) is 0 Å². The number of carbonyl (C=O) groups excluding carboxylic acids is 1. The molecule has 1 aliphatic rings. The van der Waals surface area contributed by atoms with Gasteiger partial charge in [-0.2, -0.15) is 0 Å². The number of allylic oxidation sites excluding steroid dienone is 4. The molecule has 10 heavy (non-hydrogen) atoms. The van der Waals surface area contributed by atoms with E-state index in [0.717, 1.165) is 12.0 Å². The predicted molar refractivity (Wildman–Crippen MR) is 41.3 cm³/mol. The summed E-state index contributed by atoms with van der Waals surface area (Å²) >= 11 is 2.02. The fraction of sp³-hybridized carbons (Fsp3) is 0.167. The number of hydrogen-bond acceptors (Lipinski definition) is 1. The molecule has 0 unspecified atom stereocenters. The molecule has 0 heterocycles. The fourth-order valence-electron chi connectivity index (χ4n) is 0.606. The van der Waals surface area contributed by atoms with E-state index in [4.69, 9.17) is 0 Å². The topological polar surface area (TPSA) is 17.1 Å². The third kappa shape index (κ3) is 3.47. The maximum atomic E-state index is 10.5. The quantitative estimate of drug-likeness (QED) is 0.654. The summed E-state index contributed by atoms with van der Waals surface area (Å²) < 4.78 is 0.127. The summed E-state index contributed by atoms with van der Waals surface area (Å²) in [6, 6.07) is 0. The van der Waals surface area contributed by atoms with Crippen LogP contribution >= 0.6 is 24.8 Å². The van der Waals surface area contributed by atoms with Crippen LogP contribution in [0.1, 0.15) is 6.42 Å². The van der Waals surface area contributed by atoms with E-state index >= 15 is 0 Å². The van der Waals surface area contributed by atoms with Crippen molar-refractivity contribution in [1.82, 2.24) is 0 Å². The zero-order valence-electron chi connectivity index (χ0n) is 5.11. The van der Waals surface area contributed by atoms with Gasteiger partial charge in [0.15, 0.2) is 0 Å². The second-order valence-electron chi connectivity index (χ2n) is 1.63. The van der Waals surface area contributed by atoms with Crippen molar-refractivity contribution < 1.29 is 22.2 Å². The monoisotopic (exact) mass is 216 g/mol. The molecular formula is C6H7Cl2OV. The summed E-state index contributed by atoms with van der Waals surface area (Å²) in [5.41, 5.74) is 0.894. The van der Waals surface area contributed by atoms with E-state index in [2.05, 4.69) is 0 Å². The van der Waals surface area contributed by atoms with Crippen LogP contribution in [0, 0.1) is 0 Å². The van der Waals surface area contributed by atoms with E-state index in [1.165, 1.54) is 0 Å². The van der Waals surface area contributed by atoms with Crippen molar-refractivity contribution in [2.75, 3.05) is 0 Å². The van der Waals surface area contributed by atoms with Gasteiger partial charge >= 0.3 is 56.9 Å². The normalized spacial score (nSPS) is 13.0. The zero-order valence-corrected chi connectivity index (χ0v) is 8.14. The van der Waals surface area contributed by atoms with Crippen molar-refractivity contribution >= 4 is 29.3 Å². The molecule has 1 aliphatic carbocycles. The molecule has 0 saturated carbocycles. The molecule has 0 aromatic heterocycles. The minimum absolute atomic E-state index is 0. The molecule has 0 N–H and O–H groups in total. The first kappa shape index (κ1) is 12.9. The number of rotatable bonds is 1. The van der Waals surface area contributed by atoms with Gasteiger partial charge in [0.1, 0.15) is 0 Å². The van der Waals surface area contributed by atoms with E-state index in [9.17, 15) is 4.79 Å². The van der Waals surface area contributed by atoms with Crippen LogP contribution in [0.3, 0.4) is 0 Å². The molecule has 56 valence electrons. The van der Waals surface area contributed by atoms with Gasteiger partial charge in [0.25, 0.3) is 0 Å². The zero-order chi connectivity index (χ0) is 5.98. The van der Waals surface area contributed by atoms with Crippen molar-refractivity contribution in [2.45, 2.75) is 6.42 Å². The van der Waals surface area contributed by atoms with Crippen LogP contribution in [-0.4, -0.2) is 4.49 Å². The van der Waals surface area contributed by atoms with Crippen molar-refractivity contribution in [1.29, 1.82) is 0 Å². The Morgan fingerprint density at radius 3 is 2.30 bits per heavy atom. The van der Waals surface area contributed by atoms with Crippen LogP contribution in [0.2, 0.25) is 0 Å². The molecule has 0 atom stereocenters. The molecule has 0 aliphatic heterocycles. The molecule has 0 aromatic rings. The molecular weight excluding hydrogens is 210 g/mol. The Labute approximate surface area is 81.7 Å². The SMILES string of the molecule is Cl.Cl.O=[C]([V])C1=CC=CC1. The molecule has 0 spiro atoms. The van der Waals surface area contributed by atoms with E-state index in [-0.39, 0.29) is 29.3 Å². The van der Waals surface area contributed by atoms with Crippen LogP contribution < -0.4 is 0 Å². The summed E-state index contributed by atoms with van der Waals surface area (Å²) in [6.07, 6.45) is 6.54. The van der Waals surface area contributed by atoms with E-state index < -0.39 is 0 Å². The van der Waals surface area contributed by atoms with Crippen molar-refractivity contribution in [3.8, 4) is 0 Å². The third-order valence-corrected chi connectivity index (χ3v) is 1.49. The molecule has 1 nitrogen and oxygen atoms in total. The Morgan fingerprint density at radius 2 is 2.10 bits per heavy atom. The molecule has 0 fully saturated rings. The Hall–Kier alpha value is 0.314. The number of carbonyl (C=O) groups is 1. The van der Waals surface area contributed by atoms with Gasteiger partial charge in [-0.3, -0.25) is 0 Å². The minimum atomic E-state index is 0. The summed E-state index contributed by atoms with van der Waals surface area (Å²) in [6.45, 7) is 0. The van der Waals surface area contributed by atoms with Gasteiger partial charge in [0.05, 0.1) is 0 Å². The average Bonchev–Trinajstić information content (AvgIpc) is 2.12. The third-order valence-electron chi connectivity index (χ3n) is 1.05. The summed E-state index contributed by atoms with van der Waals surface area (Å²) in [5.74, 6) is 0. The Morgan fingerprint density at radius 1 is 1.50 bits per heavy atom. The fourth-order valence-corrected chi connectivity index (χ4v) is 0.865. The van der Waals surface area contributed by atoms with Gasteiger partial charge in [0.2, 0.25) is 0 Å². The van der Waals surface area contributed by atoms with Gasteiger partial charge < -0.3 is 0 Å².